The van der Waals surface area contributed by atoms with Crippen LogP contribution in [-0.2, 0) is 11.2 Å². The highest BCUT2D eigenvalue weighted by atomic mass is 19.1. The SMILES string of the molecule is O=C(Cc1cccc(F)c1)Oc1ccc(C(=O)c2ccccc2)cc1. The minimum atomic E-state index is -0.493. The van der Waals surface area contributed by atoms with Crippen molar-refractivity contribution >= 4 is 11.8 Å². The fraction of sp³-hybridized carbons (Fsp3) is 0.0476. The number of esters is 1. The largest absolute Gasteiger partial charge is 0.426 e. The van der Waals surface area contributed by atoms with E-state index < -0.39 is 11.8 Å². The van der Waals surface area contributed by atoms with Crippen molar-refractivity contribution in [1.82, 2.24) is 0 Å². The van der Waals surface area contributed by atoms with E-state index in [0.717, 1.165) is 0 Å². The molecule has 0 aromatic heterocycles. The topological polar surface area (TPSA) is 43.4 Å². The maximum atomic E-state index is 13.1. The summed E-state index contributed by atoms with van der Waals surface area (Å²) in [6, 6.07) is 21.1. The molecule has 25 heavy (non-hydrogen) atoms. The van der Waals surface area contributed by atoms with Crippen LogP contribution in [0.1, 0.15) is 21.5 Å². The van der Waals surface area contributed by atoms with Gasteiger partial charge in [-0.2, -0.15) is 0 Å². The third-order valence-corrected chi connectivity index (χ3v) is 3.62. The number of ketones is 1. The van der Waals surface area contributed by atoms with E-state index >= 15 is 0 Å². The van der Waals surface area contributed by atoms with Crippen LogP contribution in [0.2, 0.25) is 0 Å². The second-order valence-electron chi connectivity index (χ2n) is 5.50. The minimum Gasteiger partial charge on any atom is -0.426 e. The van der Waals surface area contributed by atoms with Gasteiger partial charge in [-0.25, -0.2) is 4.39 Å². The van der Waals surface area contributed by atoms with Crippen LogP contribution >= 0.6 is 0 Å². The summed E-state index contributed by atoms with van der Waals surface area (Å²) in [5, 5.41) is 0. The van der Waals surface area contributed by atoms with Crippen molar-refractivity contribution in [2.45, 2.75) is 6.42 Å². The van der Waals surface area contributed by atoms with E-state index in [1.165, 1.54) is 12.1 Å². The Morgan fingerprint density at radius 2 is 1.48 bits per heavy atom. The first-order chi connectivity index (χ1) is 12.1. The van der Waals surface area contributed by atoms with Crippen molar-refractivity contribution in [3.63, 3.8) is 0 Å². The molecule has 0 amide bonds. The highest BCUT2D eigenvalue weighted by Gasteiger charge is 2.10. The number of halogens is 1. The summed E-state index contributed by atoms with van der Waals surface area (Å²) in [6.07, 6.45) is -0.0253. The Morgan fingerprint density at radius 1 is 0.800 bits per heavy atom. The van der Waals surface area contributed by atoms with Crippen LogP contribution in [0.15, 0.2) is 78.9 Å². The lowest BCUT2D eigenvalue weighted by atomic mass is 10.0. The minimum absolute atomic E-state index is 0.0253. The molecule has 0 radical (unpaired) electrons. The molecule has 3 aromatic carbocycles. The van der Waals surface area contributed by atoms with Gasteiger partial charge in [0.25, 0.3) is 0 Å². The molecule has 0 spiro atoms. The van der Waals surface area contributed by atoms with Gasteiger partial charge in [0.15, 0.2) is 5.78 Å². The monoisotopic (exact) mass is 334 g/mol. The molecule has 0 bridgehead atoms. The molecule has 0 aliphatic heterocycles. The number of hydrogen-bond acceptors (Lipinski definition) is 3. The smallest absolute Gasteiger partial charge is 0.315 e. The number of benzene rings is 3. The molecule has 124 valence electrons. The fourth-order valence-electron chi connectivity index (χ4n) is 2.41. The molecule has 0 N–H and O–H groups in total. The Hall–Kier alpha value is -3.27. The van der Waals surface area contributed by atoms with E-state index in [0.29, 0.717) is 22.4 Å². The Kier molecular flexibility index (Phi) is 5.00. The predicted molar refractivity (Wildman–Crippen MR) is 92.1 cm³/mol. The van der Waals surface area contributed by atoms with Crippen molar-refractivity contribution in [3.8, 4) is 5.75 Å². The summed E-state index contributed by atoms with van der Waals surface area (Å²) in [6.45, 7) is 0. The summed E-state index contributed by atoms with van der Waals surface area (Å²) in [5.74, 6) is -0.647. The second kappa shape index (κ2) is 7.53. The van der Waals surface area contributed by atoms with E-state index in [1.54, 1.807) is 60.7 Å². The van der Waals surface area contributed by atoms with Crippen LogP contribution < -0.4 is 4.74 Å². The van der Waals surface area contributed by atoms with E-state index in [1.807, 2.05) is 6.07 Å². The molecule has 0 saturated carbocycles. The lowest BCUT2D eigenvalue weighted by molar-refractivity contribution is -0.133. The highest BCUT2D eigenvalue weighted by Crippen LogP contribution is 2.16. The third kappa shape index (κ3) is 4.38. The van der Waals surface area contributed by atoms with Gasteiger partial charge < -0.3 is 4.74 Å². The average molecular weight is 334 g/mol. The Labute approximate surface area is 144 Å². The molecule has 0 aliphatic carbocycles. The second-order valence-corrected chi connectivity index (χ2v) is 5.50. The van der Waals surface area contributed by atoms with Crippen LogP contribution in [-0.4, -0.2) is 11.8 Å². The van der Waals surface area contributed by atoms with Crippen molar-refractivity contribution < 1.29 is 18.7 Å². The van der Waals surface area contributed by atoms with E-state index in [4.69, 9.17) is 4.74 Å². The van der Waals surface area contributed by atoms with Gasteiger partial charge in [0.2, 0.25) is 0 Å². The average Bonchev–Trinajstić information content (AvgIpc) is 2.62. The molecule has 0 aliphatic rings. The molecular formula is C21H15FO3. The van der Waals surface area contributed by atoms with Crippen LogP contribution in [0.3, 0.4) is 0 Å². The number of rotatable bonds is 5. The maximum Gasteiger partial charge on any atom is 0.315 e. The fourth-order valence-corrected chi connectivity index (χ4v) is 2.41. The lowest BCUT2D eigenvalue weighted by Gasteiger charge is -2.06. The normalized spacial score (nSPS) is 10.3. The highest BCUT2D eigenvalue weighted by molar-refractivity contribution is 6.09. The molecule has 3 aromatic rings. The summed E-state index contributed by atoms with van der Waals surface area (Å²) in [7, 11) is 0. The van der Waals surface area contributed by atoms with E-state index in [-0.39, 0.29) is 12.2 Å². The maximum absolute atomic E-state index is 13.1. The summed E-state index contributed by atoms with van der Waals surface area (Å²) in [4.78, 5) is 24.2. The van der Waals surface area contributed by atoms with Gasteiger partial charge in [-0.3, -0.25) is 9.59 Å². The third-order valence-electron chi connectivity index (χ3n) is 3.62. The van der Waals surface area contributed by atoms with Crippen LogP contribution in [0.5, 0.6) is 5.75 Å². The summed E-state index contributed by atoms with van der Waals surface area (Å²) in [5.41, 5.74) is 1.65. The first kappa shape index (κ1) is 16.6. The zero-order valence-corrected chi connectivity index (χ0v) is 13.3. The van der Waals surface area contributed by atoms with E-state index in [9.17, 15) is 14.0 Å². The number of carbonyl (C=O) groups is 2. The van der Waals surface area contributed by atoms with Crippen molar-refractivity contribution in [3.05, 3.63) is 101 Å². The van der Waals surface area contributed by atoms with Gasteiger partial charge in [0.1, 0.15) is 11.6 Å². The van der Waals surface area contributed by atoms with E-state index in [2.05, 4.69) is 0 Å². The zero-order chi connectivity index (χ0) is 17.6. The van der Waals surface area contributed by atoms with Gasteiger partial charge >= 0.3 is 5.97 Å². The van der Waals surface area contributed by atoms with Gasteiger partial charge in [0, 0.05) is 11.1 Å². The Bertz CT molecular complexity index is 887. The number of hydrogen-bond donors (Lipinski definition) is 0. The van der Waals surface area contributed by atoms with Crippen molar-refractivity contribution in [2.75, 3.05) is 0 Å². The van der Waals surface area contributed by atoms with Gasteiger partial charge in [-0.05, 0) is 42.0 Å². The molecule has 0 unspecified atom stereocenters. The number of carbonyl (C=O) groups excluding carboxylic acids is 2. The molecule has 4 heteroatoms. The zero-order valence-electron chi connectivity index (χ0n) is 13.3. The van der Waals surface area contributed by atoms with Crippen molar-refractivity contribution in [1.29, 1.82) is 0 Å². The molecule has 0 saturated heterocycles. The van der Waals surface area contributed by atoms with Crippen LogP contribution in [0.25, 0.3) is 0 Å². The summed E-state index contributed by atoms with van der Waals surface area (Å²) >= 11 is 0. The van der Waals surface area contributed by atoms with Gasteiger partial charge in [-0.1, -0.05) is 42.5 Å². The summed E-state index contributed by atoms with van der Waals surface area (Å²) < 4.78 is 18.3. The molecular weight excluding hydrogens is 319 g/mol. The molecule has 3 nitrogen and oxygen atoms in total. The molecule has 0 atom stereocenters. The lowest BCUT2D eigenvalue weighted by Crippen LogP contribution is -2.11. The van der Waals surface area contributed by atoms with Crippen LogP contribution in [0, 0.1) is 5.82 Å². The van der Waals surface area contributed by atoms with Crippen LogP contribution in [0.4, 0.5) is 4.39 Å². The molecule has 3 rings (SSSR count). The Morgan fingerprint density at radius 3 is 2.16 bits per heavy atom. The molecule has 0 heterocycles. The quantitative estimate of drug-likeness (QED) is 0.399. The first-order valence-electron chi connectivity index (χ1n) is 7.77. The predicted octanol–water partition coefficient (Wildman–Crippen LogP) is 4.20. The Balaban J connectivity index is 1.64. The first-order valence-corrected chi connectivity index (χ1v) is 7.77. The van der Waals surface area contributed by atoms with Gasteiger partial charge in [-0.15, -0.1) is 0 Å². The standard InChI is InChI=1S/C21H15FO3/c22-18-8-4-5-15(13-18)14-20(23)25-19-11-9-17(10-12-19)21(24)16-6-2-1-3-7-16/h1-13H,14H2. The molecule has 0 fully saturated rings. The van der Waals surface area contributed by atoms with Crippen molar-refractivity contribution in [2.24, 2.45) is 0 Å². The van der Waals surface area contributed by atoms with Gasteiger partial charge in [0.05, 0.1) is 6.42 Å². The number of ether oxygens (including phenoxy) is 1.